The van der Waals surface area contributed by atoms with E-state index in [1.165, 1.54) is 31.4 Å². The number of para-hydroxylation sites is 2. The van der Waals surface area contributed by atoms with E-state index in [9.17, 15) is 26.2 Å². The molecular weight excluding hydrogens is 468 g/mol. The van der Waals surface area contributed by atoms with Crippen molar-refractivity contribution in [3.63, 3.8) is 0 Å². The summed E-state index contributed by atoms with van der Waals surface area (Å²) in [5.41, 5.74) is -0.855. The van der Waals surface area contributed by atoms with Gasteiger partial charge in [-0.1, -0.05) is 18.2 Å². The molecule has 0 aliphatic carbocycles. The zero-order valence-corrected chi connectivity index (χ0v) is 18.2. The van der Waals surface area contributed by atoms with Crippen LogP contribution in [0.3, 0.4) is 0 Å². The van der Waals surface area contributed by atoms with Crippen LogP contribution < -0.4 is 25.0 Å². The molecule has 0 aromatic heterocycles. The number of alkyl halides is 3. The molecule has 7 nitrogen and oxygen atoms in total. The Morgan fingerprint density at radius 3 is 2.25 bits per heavy atom. The molecule has 1 unspecified atom stereocenters. The Hall–Kier alpha value is -3.14. The summed E-state index contributed by atoms with van der Waals surface area (Å²) in [6.07, 6.45) is -4.65. The molecule has 0 spiro atoms. The maximum absolute atomic E-state index is 13.3. The molecule has 0 amide bonds. The average Bonchev–Trinajstić information content (AvgIpc) is 2.73. The monoisotopic (exact) mass is 485 g/mol. The third-order valence-corrected chi connectivity index (χ3v) is 6.37. The Bertz CT molecular complexity index is 1270. The summed E-state index contributed by atoms with van der Waals surface area (Å²) in [7, 11) is -5.18. The predicted molar refractivity (Wildman–Crippen MR) is 113 cm³/mol. The Kier molecular flexibility index (Phi) is 6.73. The van der Waals surface area contributed by atoms with Gasteiger partial charge >= 0.3 is 14.1 Å². The largest absolute Gasteiger partial charge is 0.503 e. The highest BCUT2D eigenvalue weighted by Gasteiger charge is 2.35. The minimum atomic E-state index is -4.65. The molecule has 0 saturated heterocycles. The fourth-order valence-electron chi connectivity index (χ4n) is 2.68. The first-order chi connectivity index (χ1) is 15.0. The molecule has 3 aromatic carbocycles. The number of primary sulfonamides is 1. The van der Waals surface area contributed by atoms with Gasteiger partial charge in [0.25, 0.3) is 5.30 Å². The number of nitrogens with one attached hydrogen (secondary N) is 1. The van der Waals surface area contributed by atoms with E-state index in [2.05, 4.69) is 5.09 Å². The van der Waals surface area contributed by atoms with Gasteiger partial charge in [0.1, 0.15) is 0 Å². The minimum absolute atomic E-state index is 0.0695. The van der Waals surface area contributed by atoms with E-state index in [0.717, 1.165) is 24.3 Å². The molecule has 1 atom stereocenters. The number of hydrogen-bond acceptors (Lipinski definition) is 5. The van der Waals surface area contributed by atoms with Gasteiger partial charge in [-0.15, -0.1) is 0 Å². The van der Waals surface area contributed by atoms with E-state index < -0.39 is 29.7 Å². The van der Waals surface area contributed by atoms with Crippen molar-refractivity contribution in [1.29, 1.82) is 0 Å². The smallest absolute Gasteiger partial charge is 0.493 e. The van der Waals surface area contributed by atoms with E-state index in [4.69, 9.17) is 14.6 Å². The molecule has 0 saturated carbocycles. The Morgan fingerprint density at radius 2 is 1.62 bits per heavy atom. The van der Waals surface area contributed by atoms with Crippen molar-refractivity contribution in [1.82, 2.24) is 0 Å². The van der Waals surface area contributed by atoms with Crippen LogP contribution in [0, 0.1) is 0 Å². The van der Waals surface area contributed by atoms with E-state index in [0.29, 0.717) is 0 Å². The second kappa shape index (κ2) is 9.15. The number of benzene rings is 3. The molecule has 3 N–H and O–H groups in total. The van der Waals surface area contributed by atoms with E-state index >= 15 is 0 Å². The van der Waals surface area contributed by atoms with Crippen LogP contribution in [0.1, 0.15) is 5.56 Å². The van der Waals surface area contributed by atoms with Gasteiger partial charge in [0.05, 0.1) is 23.3 Å². The minimum Gasteiger partial charge on any atom is -0.493 e. The summed E-state index contributed by atoms with van der Waals surface area (Å²) in [4.78, 5) is -0.219. The highest BCUT2D eigenvalue weighted by Crippen LogP contribution is 2.38. The predicted octanol–water partition coefficient (Wildman–Crippen LogP) is 4.63. The van der Waals surface area contributed by atoms with Crippen molar-refractivity contribution in [3.05, 3.63) is 72.3 Å². The lowest BCUT2D eigenvalue weighted by atomic mass is 10.2. The van der Waals surface area contributed by atoms with Crippen LogP contribution in [-0.4, -0.2) is 15.5 Å². The summed E-state index contributed by atoms with van der Waals surface area (Å²) >= 11 is 0. The first-order valence-electron chi connectivity index (χ1n) is 8.88. The normalized spacial score (nSPS) is 12.2. The first-order valence-corrected chi connectivity index (χ1v) is 11.7. The lowest BCUT2D eigenvalue weighted by molar-refractivity contribution is -0.137. The van der Waals surface area contributed by atoms with Crippen LogP contribution in [0.4, 0.5) is 18.9 Å². The second-order valence-corrected chi connectivity index (χ2v) is 9.27. The zero-order valence-electron chi connectivity index (χ0n) is 16.5. The summed E-state index contributed by atoms with van der Waals surface area (Å²) in [6.45, 7) is 0. The summed E-state index contributed by atoms with van der Waals surface area (Å²) in [5.74, 6) is 0.0793. The molecular formula is C20H17F3N2O5PS+. The fraction of sp³-hybridized carbons (Fsp3) is 0.100. The maximum atomic E-state index is 13.3. The van der Waals surface area contributed by atoms with E-state index in [1.807, 2.05) is 0 Å². The van der Waals surface area contributed by atoms with E-state index in [-0.39, 0.29) is 33.1 Å². The molecule has 3 rings (SSSR count). The molecule has 0 fully saturated rings. The Labute approximate surface area is 182 Å². The van der Waals surface area contributed by atoms with Crippen LogP contribution in [-0.2, 0) is 20.8 Å². The molecule has 168 valence electrons. The van der Waals surface area contributed by atoms with Gasteiger partial charge in [-0.3, -0.25) is 0 Å². The average molecular weight is 485 g/mol. The molecule has 3 aromatic rings. The van der Waals surface area contributed by atoms with Crippen LogP contribution in [0.15, 0.2) is 71.6 Å². The summed E-state index contributed by atoms with van der Waals surface area (Å²) < 4.78 is 86.6. The van der Waals surface area contributed by atoms with Crippen molar-refractivity contribution < 1.29 is 35.6 Å². The highest BCUT2D eigenvalue weighted by atomic mass is 32.2. The molecule has 0 heterocycles. The van der Waals surface area contributed by atoms with E-state index in [1.54, 1.807) is 18.2 Å². The van der Waals surface area contributed by atoms with Gasteiger partial charge in [0.15, 0.2) is 17.2 Å². The van der Waals surface area contributed by atoms with Gasteiger partial charge in [-0.2, -0.15) is 18.3 Å². The van der Waals surface area contributed by atoms with Crippen LogP contribution in [0.5, 0.6) is 17.2 Å². The number of halogens is 3. The lowest BCUT2D eigenvalue weighted by Gasteiger charge is -2.12. The van der Waals surface area contributed by atoms with Gasteiger partial charge in [-0.25, -0.2) is 13.6 Å². The number of methoxy groups -OCH3 is 1. The Morgan fingerprint density at radius 1 is 0.938 bits per heavy atom. The van der Waals surface area contributed by atoms with Crippen molar-refractivity contribution in [2.75, 3.05) is 12.2 Å². The van der Waals surface area contributed by atoms with Crippen LogP contribution >= 0.6 is 7.95 Å². The van der Waals surface area contributed by atoms with Crippen LogP contribution in [0.2, 0.25) is 0 Å². The first kappa shape index (κ1) is 23.5. The summed E-state index contributed by atoms with van der Waals surface area (Å²) in [5, 5.41) is 7.61. The number of ether oxygens (including phenoxy) is 2. The van der Waals surface area contributed by atoms with Gasteiger partial charge in [0.2, 0.25) is 10.0 Å². The molecule has 0 aliphatic heterocycles. The molecule has 0 radical (unpaired) electrons. The number of nitrogens with two attached hydrogens (primary N) is 1. The molecule has 32 heavy (non-hydrogen) atoms. The fourth-order valence-corrected chi connectivity index (χ4v) is 4.26. The lowest BCUT2D eigenvalue weighted by Crippen LogP contribution is -2.13. The standard InChI is InChI=1S/C20H17F3N2O5PS/c1-29-16-7-2-3-8-17(16)30-18-11-13(20(21,22)23)9-10-19(18)31(26)25-14-5-4-6-15(12-14)32(24,27)28/h2-12H,1H3,(H,25,26)(H2,24,27,28)/q+1. The SMILES string of the molecule is COc1ccccc1Oc1cc(C(F)(F)F)ccc1[P+](=O)Nc1cccc(S(N)(=O)=O)c1. The number of sulfonamides is 1. The number of hydrogen-bond donors (Lipinski definition) is 2. The number of anilines is 1. The van der Waals surface area contributed by atoms with Crippen molar-refractivity contribution >= 4 is 29.0 Å². The third kappa shape index (κ3) is 5.56. The van der Waals surface area contributed by atoms with Crippen LogP contribution in [0.25, 0.3) is 0 Å². The van der Waals surface area contributed by atoms with Crippen molar-refractivity contribution in [3.8, 4) is 17.2 Å². The Balaban J connectivity index is 2.01. The third-order valence-electron chi connectivity index (χ3n) is 4.19. The van der Waals surface area contributed by atoms with Crippen molar-refractivity contribution in [2.24, 2.45) is 5.14 Å². The molecule has 0 aliphatic rings. The van der Waals surface area contributed by atoms with Gasteiger partial charge in [0, 0.05) is 0 Å². The second-order valence-electron chi connectivity index (χ2n) is 6.41. The topological polar surface area (TPSA) is 108 Å². The van der Waals surface area contributed by atoms with Gasteiger partial charge < -0.3 is 9.47 Å². The molecule has 12 heteroatoms. The molecule has 0 bridgehead atoms. The maximum Gasteiger partial charge on any atom is 0.503 e. The van der Waals surface area contributed by atoms with Crippen molar-refractivity contribution in [2.45, 2.75) is 11.1 Å². The van der Waals surface area contributed by atoms with Gasteiger partial charge in [-0.05, 0) is 53.1 Å². The number of rotatable bonds is 7. The summed E-state index contributed by atoms with van der Waals surface area (Å²) in [6, 6.07) is 14.1. The highest BCUT2D eigenvalue weighted by molar-refractivity contribution is 7.89. The zero-order chi connectivity index (χ0) is 23.5. The quantitative estimate of drug-likeness (QED) is 0.473.